The van der Waals surface area contributed by atoms with Gasteiger partial charge in [0.15, 0.2) is 0 Å². The van der Waals surface area contributed by atoms with Gasteiger partial charge in [-0.2, -0.15) is 0 Å². The topological polar surface area (TPSA) is 88.1 Å². The number of nitrogens with two attached hydrogens (primary N) is 1. The zero-order chi connectivity index (χ0) is 15.4. The van der Waals surface area contributed by atoms with Gasteiger partial charge in [-0.05, 0) is 19.9 Å². The maximum Gasteiger partial charge on any atom is 0.233 e. The van der Waals surface area contributed by atoms with E-state index in [-0.39, 0.29) is 23.7 Å². The van der Waals surface area contributed by atoms with E-state index in [1.54, 1.807) is 4.90 Å². The summed E-state index contributed by atoms with van der Waals surface area (Å²) in [5.41, 5.74) is 6.42. The molecular weight excluding hydrogens is 270 g/mol. The molecule has 1 aliphatic heterocycles. The van der Waals surface area contributed by atoms with Crippen LogP contribution in [0, 0.1) is 0 Å². The molecule has 21 heavy (non-hydrogen) atoms. The summed E-state index contributed by atoms with van der Waals surface area (Å²) in [6.45, 7) is 4.69. The van der Waals surface area contributed by atoms with Crippen molar-refractivity contribution < 1.29 is 14.7 Å². The van der Waals surface area contributed by atoms with Crippen LogP contribution in [0.2, 0.25) is 0 Å². The predicted molar refractivity (Wildman–Crippen MR) is 79.6 cm³/mol. The molecule has 0 bridgehead atoms. The van der Waals surface area contributed by atoms with E-state index in [0.717, 1.165) is 11.3 Å². The maximum atomic E-state index is 12.8. The van der Waals surface area contributed by atoms with Crippen LogP contribution in [0.5, 0.6) is 5.75 Å². The van der Waals surface area contributed by atoms with Crippen LogP contribution in [0.15, 0.2) is 29.4 Å². The van der Waals surface area contributed by atoms with Gasteiger partial charge in [0.2, 0.25) is 5.91 Å². The van der Waals surface area contributed by atoms with Gasteiger partial charge in [0.25, 0.3) is 0 Å². The van der Waals surface area contributed by atoms with Crippen molar-refractivity contribution in [3.05, 3.63) is 29.8 Å². The lowest BCUT2D eigenvalue weighted by Crippen LogP contribution is -2.42. The van der Waals surface area contributed by atoms with Crippen molar-refractivity contribution in [2.24, 2.45) is 10.9 Å². The molecule has 1 aromatic carbocycles. The Morgan fingerprint density at radius 3 is 2.90 bits per heavy atom. The summed E-state index contributed by atoms with van der Waals surface area (Å²) in [4.78, 5) is 14.5. The first-order valence-electron chi connectivity index (χ1n) is 7.03. The number of carbonyl (C=O) groups excluding carboxylic acids is 1. The molecule has 2 rings (SSSR count). The zero-order valence-corrected chi connectivity index (χ0v) is 12.3. The van der Waals surface area contributed by atoms with E-state index < -0.39 is 0 Å². The van der Waals surface area contributed by atoms with Crippen LogP contribution in [-0.4, -0.2) is 41.0 Å². The number of carbonyl (C=O) groups is 1. The third-order valence-corrected chi connectivity index (χ3v) is 3.64. The molecule has 1 aliphatic rings. The highest BCUT2D eigenvalue weighted by molar-refractivity contribution is 5.86. The number of rotatable bonds is 5. The molecule has 114 valence electrons. The van der Waals surface area contributed by atoms with E-state index in [9.17, 15) is 4.79 Å². The number of benzene rings is 1. The number of nitrogens with zero attached hydrogens (tertiary/aromatic N) is 2. The fourth-order valence-corrected chi connectivity index (χ4v) is 2.48. The number of ether oxygens (including phenoxy) is 1. The summed E-state index contributed by atoms with van der Waals surface area (Å²) in [6.07, 6.45) is 0.343. The third kappa shape index (κ3) is 3.26. The smallest absolute Gasteiger partial charge is 0.233 e. The first-order chi connectivity index (χ1) is 10.0. The van der Waals surface area contributed by atoms with E-state index in [1.807, 2.05) is 38.1 Å². The van der Waals surface area contributed by atoms with Gasteiger partial charge in [0, 0.05) is 24.6 Å². The standard InChI is InChI=1S/C15H21N3O3/c1-10(2)18(8-7-14(16)17-20)15(19)12-9-21-13-6-4-3-5-11(12)13/h3-6,10,12,20H,7-9H2,1-2H3,(H2,16,17). The van der Waals surface area contributed by atoms with Crippen LogP contribution in [0.25, 0.3) is 0 Å². The lowest BCUT2D eigenvalue weighted by molar-refractivity contribution is -0.134. The lowest BCUT2D eigenvalue weighted by Gasteiger charge is -2.29. The molecule has 0 aliphatic carbocycles. The van der Waals surface area contributed by atoms with Gasteiger partial charge >= 0.3 is 0 Å². The van der Waals surface area contributed by atoms with E-state index in [2.05, 4.69) is 5.16 Å². The normalized spacial score (nSPS) is 17.5. The number of amides is 1. The second-order valence-corrected chi connectivity index (χ2v) is 5.37. The number of fused-ring (bicyclic) bond motifs is 1. The van der Waals surface area contributed by atoms with Crippen molar-refractivity contribution in [2.45, 2.75) is 32.2 Å². The molecule has 6 nitrogen and oxygen atoms in total. The summed E-state index contributed by atoms with van der Waals surface area (Å²) in [5, 5.41) is 11.6. The van der Waals surface area contributed by atoms with Gasteiger partial charge in [0.1, 0.15) is 24.1 Å². The minimum absolute atomic E-state index is 0.0145. The van der Waals surface area contributed by atoms with Crippen LogP contribution in [0.1, 0.15) is 31.7 Å². The molecule has 6 heteroatoms. The van der Waals surface area contributed by atoms with Crippen LogP contribution in [0.3, 0.4) is 0 Å². The van der Waals surface area contributed by atoms with E-state index in [4.69, 9.17) is 15.7 Å². The van der Waals surface area contributed by atoms with Gasteiger partial charge in [-0.3, -0.25) is 4.79 Å². The van der Waals surface area contributed by atoms with Crippen molar-refractivity contribution in [1.82, 2.24) is 4.90 Å². The van der Waals surface area contributed by atoms with Gasteiger partial charge in [-0.1, -0.05) is 23.4 Å². The minimum Gasteiger partial charge on any atom is -0.492 e. The largest absolute Gasteiger partial charge is 0.492 e. The maximum absolute atomic E-state index is 12.8. The molecule has 0 radical (unpaired) electrons. The SMILES string of the molecule is CC(C)N(CCC(N)=NO)C(=O)C1COc2ccccc21. The molecule has 0 saturated heterocycles. The van der Waals surface area contributed by atoms with Crippen LogP contribution in [-0.2, 0) is 4.79 Å². The van der Waals surface area contributed by atoms with Crippen LogP contribution < -0.4 is 10.5 Å². The second kappa shape index (κ2) is 6.47. The minimum atomic E-state index is -0.282. The molecule has 1 atom stereocenters. The molecule has 0 fully saturated rings. The summed E-state index contributed by atoms with van der Waals surface area (Å²) in [7, 11) is 0. The highest BCUT2D eigenvalue weighted by Gasteiger charge is 2.33. The number of hydrogen-bond acceptors (Lipinski definition) is 4. The molecule has 1 unspecified atom stereocenters. The first-order valence-corrected chi connectivity index (χ1v) is 7.03. The fraction of sp³-hybridized carbons (Fsp3) is 0.467. The van der Waals surface area contributed by atoms with Crippen molar-refractivity contribution in [3.63, 3.8) is 0 Å². The lowest BCUT2D eigenvalue weighted by atomic mass is 9.99. The summed E-state index contributed by atoms with van der Waals surface area (Å²) >= 11 is 0. The van der Waals surface area contributed by atoms with Gasteiger partial charge < -0.3 is 20.6 Å². The molecule has 1 aromatic rings. The number of para-hydroxylation sites is 1. The summed E-state index contributed by atoms with van der Waals surface area (Å²) in [5.74, 6) is 0.629. The third-order valence-electron chi connectivity index (χ3n) is 3.64. The van der Waals surface area contributed by atoms with E-state index in [0.29, 0.717) is 19.6 Å². The van der Waals surface area contributed by atoms with Crippen molar-refractivity contribution in [2.75, 3.05) is 13.2 Å². The summed E-state index contributed by atoms with van der Waals surface area (Å²) in [6, 6.07) is 7.64. The quantitative estimate of drug-likeness (QED) is 0.373. The molecule has 0 aromatic heterocycles. The zero-order valence-electron chi connectivity index (χ0n) is 12.3. The summed E-state index contributed by atoms with van der Waals surface area (Å²) < 4.78 is 5.57. The Bertz CT molecular complexity index is 543. The van der Waals surface area contributed by atoms with E-state index in [1.165, 1.54) is 0 Å². The van der Waals surface area contributed by atoms with Gasteiger partial charge in [-0.25, -0.2) is 0 Å². The first kappa shape index (κ1) is 15.2. The Morgan fingerprint density at radius 1 is 1.52 bits per heavy atom. The Hall–Kier alpha value is -2.24. The Labute approximate surface area is 124 Å². The van der Waals surface area contributed by atoms with Crippen molar-refractivity contribution >= 4 is 11.7 Å². The van der Waals surface area contributed by atoms with Gasteiger partial charge in [-0.15, -0.1) is 0 Å². The second-order valence-electron chi connectivity index (χ2n) is 5.37. The van der Waals surface area contributed by atoms with E-state index >= 15 is 0 Å². The molecule has 0 saturated carbocycles. The van der Waals surface area contributed by atoms with Gasteiger partial charge in [0.05, 0.1) is 0 Å². The molecule has 3 N–H and O–H groups in total. The number of oxime groups is 1. The van der Waals surface area contributed by atoms with Crippen molar-refractivity contribution in [1.29, 1.82) is 0 Å². The predicted octanol–water partition coefficient (Wildman–Crippen LogP) is 1.54. The average Bonchev–Trinajstić information content (AvgIpc) is 2.90. The van der Waals surface area contributed by atoms with Crippen LogP contribution in [0.4, 0.5) is 0 Å². The highest BCUT2D eigenvalue weighted by atomic mass is 16.5. The monoisotopic (exact) mass is 291 g/mol. The average molecular weight is 291 g/mol. The highest BCUT2D eigenvalue weighted by Crippen LogP contribution is 2.34. The molecular formula is C15H21N3O3. The number of hydrogen-bond donors (Lipinski definition) is 2. The van der Waals surface area contributed by atoms with Crippen LogP contribution >= 0.6 is 0 Å². The van der Waals surface area contributed by atoms with Crippen molar-refractivity contribution in [3.8, 4) is 5.75 Å². The molecule has 1 amide bonds. The fourth-order valence-electron chi connectivity index (χ4n) is 2.48. The molecule has 0 spiro atoms. The Kier molecular flexibility index (Phi) is 4.67. The Morgan fingerprint density at radius 2 is 2.24 bits per heavy atom. The molecule has 1 heterocycles. The number of amidine groups is 1. The Balaban J connectivity index is 2.13.